The summed E-state index contributed by atoms with van der Waals surface area (Å²) in [6.07, 6.45) is 3.58. The Morgan fingerprint density at radius 3 is 2.53 bits per heavy atom. The number of nitrogens with one attached hydrogen (secondary N) is 2. The Morgan fingerprint density at radius 2 is 2.00 bits per heavy atom. The van der Waals surface area contributed by atoms with E-state index in [-0.39, 0.29) is 5.91 Å². The van der Waals surface area contributed by atoms with Crippen molar-refractivity contribution in [2.75, 3.05) is 5.32 Å². The Morgan fingerprint density at radius 1 is 1.27 bits per heavy atom. The molecular formula is C11H11N3O. The fraction of sp³-hybridized carbons (Fsp3) is 0.0909. The topological polar surface area (TPSA) is 57.8 Å². The van der Waals surface area contributed by atoms with Crippen LogP contribution in [0.5, 0.6) is 0 Å². The number of nitrogens with zero attached hydrogens (tertiary/aromatic N) is 1. The van der Waals surface area contributed by atoms with Gasteiger partial charge in [0.25, 0.3) is 0 Å². The first-order chi connectivity index (χ1) is 7.25. The van der Waals surface area contributed by atoms with Gasteiger partial charge in [0.15, 0.2) is 0 Å². The summed E-state index contributed by atoms with van der Waals surface area (Å²) < 4.78 is 0. The van der Waals surface area contributed by atoms with Crippen LogP contribution in [0.3, 0.4) is 0 Å². The summed E-state index contributed by atoms with van der Waals surface area (Å²) in [4.78, 5) is 10.8. The lowest BCUT2D eigenvalue weighted by atomic mass is 10.1. The highest BCUT2D eigenvalue weighted by atomic mass is 16.1. The van der Waals surface area contributed by atoms with Crippen LogP contribution in [0.15, 0.2) is 36.7 Å². The first-order valence-corrected chi connectivity index (χ1v) is 4.62. The monoisotopic (exact) mass is 201 g/mol. The van der Waals surface area contributed by atoms with Crippen molar-refractivity contribution in [3.63, 3.8) is 0 Å². The fourth-order valence-corrected chi connectivity index (χ4v) is 1.36. The van der Waals surface area contributed by atoms with E-state index in [1.807, 2.05) is 30.5 Å². The number of aromatic amines is 1. The van der Waals surface area contributed by atoms with E-state index in [0.717, 1.165) is 16.8 Å². The molecule has 2 N–H and O–H groups in total. The molecule has 0 radical (unpaired) electrons. The zero-order valence-electron chi connectivity index (χ0n) is 8.32. The maximum absolute atomic E-state index is 10.8. The van der Waals surface area contributed by atoms with Gasteiger partial charge in [-0.1, -0.05) is 12.1 Å². The van der Waals surface area contributed by atoms with E-state index in [9.17, 15) is 4.79 Å². The maximum atomic E-state index is 10.8. The number of anilines is 1. The molecule has 0 spiro atoms. The van der Waals surface area contributed by atoms with Crippen molar-refractivity contribution in [3.8, 4) is 11.1 Å². The standard InChI is InChI=1S/C11H11N3O/c1-8(15)14-11-4-2-9(3-5-11)10-6-12-13-7-10/h2-7H,1H3,(H,12,13)(H,14,15). The molecule has 15 heavy (non-hydrogen) atoms. The number of carbonyl (C=O) groups is 1. The average molecular weight is 201 g/mol. The van der Waals surface area contributed by atoms with Gasteiger partial charge in [-0.3, -0.25) is 9.89 Å². The summed E-state index contributed by atoms with van der Waals surface area (Å²) in [6.45, 7) is 1.49. The van der Waals surface area contributed by atoms with E-state index in [0.29, 0.717) is 0 Å². The summed E-state index contributed by atoms with van der Waals surface area (Å²) in [7, 11) is 0. The van der Waals surface area contributed by atoms with Gasteiger partial charge < -0.3 is 5.32 Å². The molecule has 4 heteroatoms. The van der Waals surface area contributed by atoms with Gasteiger partial charge >= 0.3 is 0 Å². The molecule has 1 aromatic carbocycles. The molecule has 0 fully saturated rings. The number of carbonyl (C=O) groups excluding carboxylic acids is 1. The minimum Gasteiger partial charge on any atom is -0.326 e. The highest BCUT2D eigenvalue weighted by molar-refractivity contribution is 5.88. The third kappa shape index (κ3) is 2.22. The van der Waals surface area contributed by atoms with Crippen LogP contribution in [0, 0.1) is 0 Å². The fourth-order valence-electron chi connectivity index (χ4n) is 1.36. The van der Waals surface area contributed by atoms with Gasteiger partial charge in [0, 0.05) is 24.4 Å². The van der Waals surface area contributed by atoms with Gasteiger partial charge in [-0.05, 0) is 17.7 Å². The Labute approximate surface area is 87.3 Å². The van der Waals surface area contributed by atoms with Crippen molar-refractivity contribution in [1.82, 2.24) is 10.2 Å². The minimum absolute atomic E-state index is 0.0638. The number of rotatable bonds is 2. The molecule has 0 aliphatic heterocycles. The summed E-state index contributed by atoms with van der Waals surface area (Å²) in [5, 5.41) is 9.34. The second kappa shape index (κ2) is 3.96. The van der Waals surface area contributed by atoms with Crippen LogP contribution < -0.4 is 5.32 Å². The van der Waals surface area contributed by atoms with Crippen LogP contribution in [-0.2, 0) is 4.79 Å². The summed E-state index contributed by atoms with van der Waals surface area (Å²) in [5.41, 5.74) is 2.90. The number of hydrogen-bond donors (Lipinski definition) is 2. The van der Waals surface area contributed by atoms with Crippen molar-refractivity contribution < 1.29 is 4.79 Å². The summed E-state index contributed by atoms with van der Waals surface area (Å²) in [6, 6.07) is 7.61. The van der Waals surface area contributed by atoms with Crippen LogP contribution in [0.25, 0.3) is 11.1 Å². The molecule has 0 bridgehead atoms. The first-order valence-electron chi connectivity index (χ1n) is 4.62. The SMILES string of the molecule is CC(=O)Nc1ccc(-c2cn[nH]c2)cc1. The normalized spacial score (nSPS) is 9.93. The Hall–Kier alpha value is -2.10. The minimum atomic E-state index is -0.0638. The van der Waals surface area contributed by atoms with Crippen molar-refractivity contribution in [3.05, 3.63) is 36.7 Å². The molecule has 4 nitrogen and oxygen atoms in total. The number of hydrogen-bond acceptors (Lipinski definition) is 2. The molecule has 2 aromatic rings. The third-order valence-electron chi connectivity index (χ3n) is 2.04. The predicted molar refractivity (Wildman–Crippen MR) is 58.3 cm³/mol. The maximum Gasteiger partial charge on any atom is 0.221 e. The van der Waals surface area contributed by atoms with Gasteiger partial charge in [-0.2, -0.15) is 5.10 Å². The van der Waals surface area contributed by atoms with Crippen LogP contribution >= 0.6 is 0 Å². The third-order valence-corrected chi connectivity index (χ3v) is 2.04. The first kappa shape index (κ1) is 9.45. The van der Waals surface area contributed by atoms with Crippen LogP contribution in [0.2, 0.25) is 0 Å². The lowest BCUT2D eigenvalue weighted by Gasteiger charge is -2.02. The second-order valence-electron chi connectivity index (χ2n) is 3.25. The zero-order valence-corrected chi connectivity index (χ0v) is 8.32. The Balaban J connectivity index is 2.21. The molecule has 2 rings (SSSR count). The molecule has 0 unspecified atom stereocenters. The summed E-state index contributed by atoms with van der Waals surface area (Å²) >= 11 is 0. The number of benzene rings is 1. The average Bonchev–Trinajstić information content (AvgIpc) is 2.71. The molecular weight excluding hydrogens is 190 g/mol. The van der Waals surface area contributed by atoms with Gasteiger partial charge in [0.05, 0.1) is 6.20 Å². The molecule has 76 valence electrons. The molecule has 0 saturated carbocycles. The quantitative estimate of drug-likeness (QED) is 0.781. The second-order valence-corrected chi connectivity index (χ2v) is 3.25. The zero-order chi connectivity index (χ0) is 10.7. The van der Waals surface area contributed by atoms with Crippen LogP contribution in [-0.4, -0.2) is 16.1 Å². The van der Waals surface area contributed by atoms with E-state index in [1.165, 1.54) is 6.92 Å². The van der Waals surface area contributed by atoms with Crippen molar-refractivity contribution in [2.24, 2.45) is 0 Å². The van der Waals surface area contributed by atoms with E-state index >= 15 is 0 Å². The van der Waals surface area contributed by atoms with E-state index in [1.54, 1.807) is 6.20 Å². The molecule has 0 aliphatic rings. The summed E-state index contributed by atoms with van der Waals surface area (Å²) in [5.74, 6) is -0.0638. The predicted octanol–water partition coefficient (Wildman–Crippen LogP) is 2.04. The van der Waals surface area contributed by atoms with Crippen LogP contribution in [0.1, 0.15) is 6.92 Å². The van der Waals surface area contributed by atoms with Gasteiger partial charge in [-0.15, -0.1) is 0 Å². The molecule has 1 aromatic heterocycles. The lowest BCUT2D eigenvalue weighted by Crippen LogP contribution is -2.05. The number of amides is 1. The Bertz CT molecular complexity index is 445. The van der Waals surface area contributed by atoms with E-state index in [4.69, 9.17) is 0 Å². The smallest absolute Gasteiger partial charge is 0.221 e. The molecule has 0 atom stereocenters. The Kier molecular flexibility index (Phi) is 2.49. The highest BCUT2D eigenvalue weighted by Crippen LogP contribution is 2.19. The number of aromatic nitrogens is 2. The van der Waals surface area contributed by atoms with E-state index in [2.05, 4.69) is 15.5 Å². The molecule has 1 amide bonds. The van der Waals surface area contributed by atoms with Crippen molar-refractivity contribution >= 4 is 11.6 Å². The van der Waals surface area contributed by atoms with Crippen molar-refractivity contribution in [1.29, 1.82) is 0 Å². The highest BCUT2D eigenvalue weighted by Gasteiger charge is 1.99. The van der Waals surface area contributed by atoms with Gasteiger partial charge in [-0.25, -0.2) is 0 Å². The van der Waals surface area contributed by atoms with Gasteiger partial charge in [0.2, 0.25) is 5.91 Å². The number of H-pyrrole nitrogens is 1. The lowest BCUT2D eigenvalue weighted by molar-refractivity contribution is -0.114. The molecule has 1 heterocycles. The van der Waals surface area contributed by atoms with Gasteiger partial charge in [0.1, 0.15) is 0 Å². The van der Waals surface area contributed by atoms with Crippen LogP contribution in [0.4, 0.5) is 5.69 Å². The molecule has 0 aliphatic carbocycles. The largest absolute Gasteiger partial charge is 0.326 e. The van der Waals surface area contributed by atoms with E-state index < -0.39 is 0 Å². The molecule has 0 saturated heterocycles. The van der Waals surface area contributed by atoms with Crippen molar-refractivity contribution in [2.45, 2.75) is 6.92 Å².